The molecular weight excluding hydrogens is 426 g/mol. The number of amides is 2. The van der Waals surface area contributed by atoms with E-state index in [0.717, 1.165) is 39.3 Å². The summed E-state index contributed by atoms with van der Waals surface area (Å²) in [4.78, 5) is 37.4. The Morgan fingerprint density at radius 3 is 2.86 bits per heavy atom. The fourth-order valence-electron chi connectivity index (χ4n) is 3.51. The van der Waals surface area contributed by atoms with Crippen LogP contribution in [0.15, 0.2) is 29.9 Å². The molecule has 2 fully saturated rings. The second-order valence-electron chi connectivity index (χ2n) is 7.11. The average Bonchev–Trinajstić information content (AvgIpc) is 3.47. The van der Waals surface area contributed by atoms with Crippen molar-refractivity contribution in [1.82, 2.24) is 20.2 Å². The highest BCUT2D eigenvalue weighted by atomic mass is 32.1. The molecule has 7 nitrogen and oxygen atoms in total. The predicted molar refractivity (Wildman–Crippen MR) is 116 cm³/mol. The molecule has 3 aromatic rings. The van der Waals surface area contributed by atoms with Gasteiger partial charge in [-0.15, -0.1) is 34.0 Å². The molecule has 5 heterocycles. The molecule has 0 unspecified atom stereocenters. The fourth-order valence-corrected chi connectivity index (χ4v) is 6.09. The molecule has 0 saturated carbocycles. The van der Waals surface area contributed by atoms with Gasteiger partial charge in [0.25, 0.3) is 5.91 Å². The Morgan fingerprint density at radius 2 is 2.10 bits per heavy atom. The first-order chi connectivity index (χ1) is 14.2. The third-order valence-electron chi connectivity index (χ3n) is 5.12. The van der Waals surface area contributed by atoms with Gasteiger partial charge in [0.15, 0.2) is 0 Å². The van der Waals surface area contributed by atoms with Crippen LogP contribution in [0, 0.1) is 0 Å². The van der Waals surface area contributed by atoms with Crippen LogP contribution in [0.1, 0.15) is 33.4 Å². The van der Waals surface area contributed by atoms with Gasteiger partial charge in [-0.25, -0.2) is 9.97 Å². The number of carbonyl (C=O) groups excluding carboxylic acids is 2. The van der Waals surface area contributed by atoms with Crippen molar-refractivity contribution in [3.05, 3.63) is 39.8 Å². The van der Waals surface area contributed by atoms with Crippen molar-refractivity contribution in [2.45, 2.75) is 24.8 Å². The van der Waals surface area contributed by atoms with Crippen LogP contribution in [-0.2, 0) is 4.79 Å². The van der Waals surface area contributed by atoms with Crippen LogP contribution >= 0.6 is 34.0 Å². The van der Waals surface area contributed by atoms with Crippen molar-refractivity contribution in [3.8, 4) is 9.88 Å². The number of hydrogen-bond acceptors (Lipinski definition) is 8. The summed E-state index contributed by atoms with van der Waals surface area (Å²) < 4.78 is 0. The van der Waals surface area contributed by atoms with Gasteiger partial charge in [0.05, 0.1) is 25.8 Å². The van der Waals surface area contributed by atoms with E-state index in [1.807, 2.05) is 22.5 Å². The molecule has 2 aliphatic rings. The van der Waals surface area contributed by atoms with Crippen molar-refractivity contribution < 1.29 is 9.59 Å². The normalized spacial score (nSPS) is 19.3. The first-order valence-corrected chi connectivity index (χ1v) is 12.0. The quantitative estimate of drug-likeness (QED) is 0.629. The van der Waals surface area contributed by atoms with Crippen LogP contribution in [-0.4, -0.2) is 52.4 Å². The summed E-state index contributed by atoms with van der Waals surface area (Å²) in [6.45, 7) is 2.23. The lowest BCUT2D eigenvalue weighted by molar-refractivity contribution is -0.117. The Labute approximate surface area is 179 Å². The Hall–Kier alpha value is -2.14. The maximum absolute atomic E-state index is 12.7. The van der Waals surface area contributed by atoms with E-state index in [1.165, 1.54) is 11.3 Å². The molecule has 0 spiro atoms. The predicted octanol–water partition coefficient (Wildman–Crippen LogP) is 3.26. The van der Waals surface area contributed by atoms with Crippen molar-refractivity contribution in [2.75, 3.05) is 25.0 Å². The number of rotatable bonds is 5. The maximum atomic E-state index is 12.7. The van der Waals surface area contributed by atoms with Crippen LogP contribution in [0.4, 0.5) is 5.00 Å². The molecule has 2 saturated heterocycles. The zero-order valence-corrected chi connectivity index (χ0v) is 17.9. The number of thiophene rings is 1. The van der Waals surface area contributed by atoms with E-state index < -0.39 is 0 Å². The summed E-state index contributed by atoms with van der Waals surface area (Å²) in [6.07, 6.45) is 5.55. The highest BCUT2D eigenvalue weighted by molar-refractivity contribution is 7.20. The molecule has 0 radical (unpaired) electrons. The molecule has 0 aliphatic carbocycles. The standard InChI is InChI=1S/C19H19N5O2S3/c25-16(12-2-1-5-20-12)23-15-4-3-13(28-15)19(26)24-9-11(10-24)17-22-8-14(29-17)18-21-6-7-27-18/h3-4,6-8,11-12,20H,1-2,5,9-10H2,(H,23,25)/t12-/m0/s1. The topological polar surface area (TPSA) is 87.2 Å². The molecule has 2 amide bonds. The molecule has 2 N–H and O–H groups in total. The lowest BCUT2D eigenvalue weighted by Crippen LogP contribution is -2.48. The zero-order valence-electron chi connectivity index (χ0n) is 15.5. The third kappa shape index (κ3) is 3.85. The minimum Gasteiger partial charge on any atom is -0.336 e. The molecule has 29 heavy (non-hydrogen) atoms. The lowest BCUT2D eigenvalue weighted by atomic mass is 10.0. The zero-order chi connectivity index (χ0) is 19.8. The summed E-state index contributed by atoms with van der Waals surface area (Å²) in [7, 11) is 0. The van der Waals surface area contributed by atoms with Gasteiger partial charge in [0, 0.05) is 36.8 Å². The lowest BCUT2D eigenvalue weighted by Gasteiger charge is -2.37. The van der Waals surface area contributed by atoms with Crippen molar-refractivity contribution in [1.29, 1.82) is 0 Å². The van der Waals surface area contributed by atoms with E-state index >= 15 is 0 Å². The molecule has 0 bridgehead atoms. The van der Waals surface area contributed by atoms with Crippen LogP contribution in [0.3, 0.4) is 0 Å². The Balaban J connectivity index is 1.17. The number of anilines is 1. The van der Waals surface area contributed by atoms with Crippen LogP contribution in [0.25, 0.3) is 9.88 Å². The molecule has 150 valence electrons. The van der Waals surface area contributed by atoms with Gasteiger partial charge in [0.1, 0.15) is 5.01 Å². The second kappa shape index (κ2) is 7.94. The highest BCUT2D eigenvalue weighted by Crippen LogP contribution is 2.36. The minimum atomic E-state index is -0.125. The molecule has 0 aromatic carbocycles. The average molecular weight is 446 g/mol. The molecular formula is C19H19N5O2S3. The van der Waals surface area contributed by atoms with E-state index in [-0.39, 0.29) is 23.8 Å². The largest absolute Gasteiger partial charge is 0.336 e. The van der Waals surface area contributed by atoms with Crippen molar-refractivity contribution in [2.24, 2.45) is 0 Å². The van der Waals surface area contributed by atoms with E-state index in [1.54, 1.807) is 34.9 Å². The SMILES string of the molecule is O=C(Nc1ccc(C(=O)N2CC(c3ncc(-c4nccs4)s3)C2)s1)[C@@H]1CCCN1. The van der Waals surface area contributed by atoms with Gasteiger partial charge in [-0.2, -0.15) is 0 Å². The van der Waals surface area contributed by atoms with Gasteiger partial charge in [-0.05, 0) is 31.5 Å². The van der Waals surface area contributed by atoms with E-state index in [0.29, 0.717) is 18.0 Å². The first kappa shape index (κ1) is 18.9. The van der Waals surface area contributed by atoms with Crippen LogP contribution in [0.5, 0.6) is 0 Å². The van der Waals surface area contributed by atoms with Crippen LogP contribution < -0.4 is 10.6 Å². The van der Waals surface area contributed by atoms with E-state index in [4.69, 9.17) is 0 Å². The maximum Gasteiger partial charge on any atom is 0.264 e. The van der Waals surface area contributed by atoms with Gasteiger partial charge in [0.2, 0.25) is 5.91 Å². The number of thiazole rings is 2. The summed E-state index contributed by atoms with van der Waals surface area (Å²) >= 11 is 4.60. The third-order valence-corrected chi connectivity index (χ3v) is 8.22. The van der Waals surface area contributed by atoms with Gasteiger partial charge >= 0.3 is 0 Å². The molecule has 2 aliphatic heterocycles. The second-order valence-corrected chi connectivity index (χ2v) is 10.1. The van der Waals surface area contributed by atoms with Gasteiger partial charge in [-0.1, -0.05) is 0 Å². The molecule has 3 aromatic heterocycles. The summed E-state index contributed by atoms with van der Waals surface area (Å²) in [5.74, 6) is 0.278. The Kier molecular flexibility index (Phi) is 5.17. The number of likely N-dealkylation sites (tertiary alicyclic amines) is 1. The number of nitrogens with one attached hydrogen (secondary N) is 2. The fraction of sp³-hybridized carbons (Fsp3) is 0.368. The molecule has 1 atom stereocenters. The van der Waals surface area contributed by atoms with Gasteiger partial charge in [-0.3, -0.25) is 9.59 Å². The summed E-state index contributed by atoms with van der Waals surface area (Å²) in [5, 5.41) is 10.8. The van der Waals surface area contributed by atoms with Crippen molar-refractivity contribution >= 4 is 50.8 Å². The number of hydrogen-bond donors (Lipinski definition) is 2. The number of carbonyl (C=O) groups is 2. The Morgan fingerprint density at radius 1 is 1.21 bits per heavy atom. The molecule has 10 heteroatoms. The number of nitrogens with zero attached hydrogens (tertiary/aromatic N) is 3. The Bertz CT molecular complexity index is 1020. The molecule has 5 rings (SSSR count). The van der Waals surface area contributed by atoms with E-state index in [9.17, 15) is 9.59 Å². The van der Waals surface area contributed by atoms with Gasteiger partial charge < -0.3 is 15.5 Å². The monoisotopic (exact) mass is 445 g/mol. The van der Waals surface area contributed by atoms with Crippen LogP contribution in [0.2, 0.25) is 0 Å². The summed E-state index contributed by atoms with van der Waals surface area (Å²) in [6, 6.07) is 3.48. The number of aromatic nitrogens is 2. The van der Waals surface area contributed by atoms with Crippen molar-refractivity contribution in [3.63, 3.8) is 0 Å². The summed E-state index contributed by atoms with van der Waals surface area (Å²) in [5.41, 5.74) is 0. The smallest absolute Gasteiger partial charge is 0.264 e. The van der Waals surface area contributed by atoms with E-state index in [2.05, 4.69) is 20.6 Å². The first-order valence-electron chi connectivity index (χ1n) is 9.46. The highest BCUT2D eigenvalue weighted by Gasteiger charge is 2.35. The minimum absolute atomic E-state index is 0.0162.